The smallest absolute Gasteiger partial charge is 0.0396 e. The van der Waals surface area contributed by atoms with Gasteiger partial charge < -0.3 is 10.6 Å². The highest BCUT2D eigenvalue weighted by molar-refractivity contribution is 5.85. The van der Waals surface area contributed by atoms with Crippen LogP contribution in [-0.2, 0) is 0 Å². The van der Waals surface area contributed by atoms with Crippen LogP contribution in [0.1, 0.15) is 12.0 Å². The van der Waals surface area contributed by atoms with Crippen LogP contribution in [0.4, 0.5) is 5.69 Å². The average molecular weight is 306 g/mol. The molecule has 0 unspecified atom stereocenters. The van der Waals surface area contributed by atoms with E-state index in [1.807, 2.05) is 0 Å². The summed E-state index contributed by atoms with van der Waals surface area (Å²) in [5.41, 5.74) is 8.32. The predicted molar refractivity (Wildman–Crippen MR) is 88.0 cm³/mol. The molecule has 1 fully saturated rings. The fraction of sp³-hybridized carbons (Fsp3) is 0.571. The van der Waals surface area contributed by atoms with Gasteiger partial charge in [-0.25, -0.2) is 0 Å². The number of piperazine rings is 1. The van der Waals surface area contributed by atoms with Gasteiger partial charge in [0.2, 0.25) is 0 Å². The predicted octanol–water partition coefficient (Wildman–Crippen LogP) is 2.31. The molecule has 1 aliphatic rings. The van der Waals surface area contributed by atoms with Gasteiger partial charge in [0.15, 0.2) is 0 Å². The summed E-state index contributed by atoms with van der Waals surface area (Å²) in [6, 6.07) is 8.65. The van der Waals surface area contributed by atoms with Crippen LogP contribution in [0.3, 0.4) is 0 Å². The van der Waals surface area contributed by atoms with Crippen molar-refractivity contribution in [2.24, 2.45) is 5.73 Å². The molecule has 0 atom stereocenters. The number of anilines is 1. The van der Waals surface area contributed by atoms with Crippen molar-refractivity contribution in [1.29, 1.82) is 0 Å². The molecular formula is C14H25Cl2N3. The Kier molecular flexibility index (Phi) is 9.19. The first-order valence-corrected chi connectivity index (χ1v) is 6.54. The van der Waals surface area contributed by atoms with Gasteiger partial charge in [-0.2, -0.15) is 0 Å². The van der Waals surface area contributed by atoms with Crippen molar-refractivity contribution in [1.82, 2.24) is 4.90 Å². The van der Waals surface area contributed by atoms with Gasteiger partial charge >= 0.3 is 0 Å². The van der Waals surface area contributed by atoms with Crippen LogP contribution in [0.25, 0.3) is 0 Å². The van der Waals surface area contributed by atoms with Crippen LogP contribution in [0.15, 0.2) is 24.3 Å². The van der Waals surface area contributed by atoms with Crippen molar-refractivity contribution >= 4 is 30.5 Å². The molecule has 1 heterocycles. The van der Waals surface area contributed by atoms with Crippen molar-refractivity contribution in [3.63, 3.8) is 0 Å². The Bertz CT molecular complexity index is 352. The minimum absolute atomic E-state index is 0. The van der Waals surface area contributed by atoms with E-state index in [2.05, 4.69) is 41.0 Å². The minimum atomic E-state index is 0. The highest BCUT2D eigenvalue weighted by Crippen LogP contribution is 2.20. The van der Waals surface area contributed by atoms with Crippen LogP contribution in [0, 0.1) is 6.92 Å². The third-order valence-electron chi connectivity index (χ3n) is 3.51. The number of nitrogens with zero attached hydrogens (tertiary/aromatic N) is 2. The fourth-order valence-electron chi connectivity index (χ4n) is 2.45. The molecular weight excluding hydrogens is 281 g/mol. The topological polar surface area (TPSA) is 32.5 Å². The Morgan fingerprint density at radius 2 is 1.68 bits per heavy atom. The molecule has 0 radical (unpaired) electrons. The first kappa shape index (κ1) is 18.5. The number of aryl methyl sites for hydroxylation is 1. The Balaban J connectivity index is 0.00000162. The molecule has 0 aliphatic carbocycles. The number of benzene rings is 1. The summed E-state index contributed by atoms with van der Waals surface area (Å²) in [7, 11) is 0. The van der Waals surface area contributed by atoms with Crippen molar-refractivity contribution in [2.75, 3.05) is 44.2 Å². The fourth-order valence-corrected chi connectivity index (χ4v) is 2.45. The Morgan fingerprint density at radius 3 is 2.26 bits per heavy atom. The van der Waals surface area contributed by atoms with E-state index in [-0.39, 0.29) is 24.8 Å². The maximum Gasteiger partial charge on any atom is 0.0396 e. The zero-order valence-electron chi connectivity index (χ0n) is 11.5. The third kappa shape index (κ3) is 5.19. The molecule has 1 saturated heterocycles. The molecule has 19 heavy (non-hydrogen) atoms. The van der Waals surface area contributed by atoms with E-state index in [1.165, 1.54) is 11.3 Å². The summed E-state index contributed by atoms with van der Waals surface area (Å²) in [5, 5.41) is 0. The standard InChI is InChI=1S/C14H23N3.2ClH/c1-13-5-2-3-6-14(13)17-11-9-16(10-12-17)8-4-7-15;;/h2-3,5-6H,4,7-12,15H2,1H3;2*1H. The summed E-state index contributed by atoms with van der Waals surface area (Å²) in [6.07, 6.45) is 1.12. The maximum atomic E-state index is 5.55. The number of halogens is 2. The molecule has 2 rings (SSSR count). The monoisotopic (exact) mass is 305 g/mol. The molecule has 1 aromatic carbocycles. The Morgan fingerprint density at radius 1 is 1.05 bits per heavy atom. The molecule has 0 bridgehead atoms. The van der Waals surface area contributed by atoms with E-state index < -0.39 is 0 Å². The molecule has 0 spiro atoms. The molecule has 2 N–H and O–H groups in total. The lowest BCUT2D eigenvalue weighted by Gasteiger charge is -2.36. The molecule has 110 valence electrons. The van der Waals surface area contributed by atoms with Crippen LogP contribution in [0.5, 0.6) is 0 Å². The van der Waals surface area contributed by atoms with E-state index >= 15 is 0 Å². The van der Waals surface area contributed by atoms with Crippen LogP contribution < -0.4 is 10.6 Å². The van der Waals surface area contributed by atoms with Gasteiger partial charge in [0.1, 0.15) is 0 Å². The largest absolute Gasteiger partial charge is 0.369 e. The number of para-hydroxylation sites is 1. The van der Waals surface area contributed by atoms with Gasteiger partial charge in [0.25, 0.3) is 0 Å². The summed E-state index contributed by atoms with van der Waals surface area (Å²) < 4.78 is 0. The van der Waals surface area contributed by atoms with Gasteiger partial charge in [-0.15, -0.1) is 24.8 Å². The van der Waals surface area contributed by atoms with Crippen LogP contribution in [0.2, 0.25) is 0 Å². The lowest BCUT2D eigenvalue weighted by atomic mass is 10.1. The van der Waals surface area contributed by atoms with Gasteiger partial charge in [-0.05, 0) is 38.1 Å². The lowest BCUT2D eigenvalue weighted by molar-refractivity contribution is 0.256. The molecule has 5 heteroatoms. The van der Waals surface area contributed by atoms with Crippen LogP contribution in [-0.4, -0.2) is 44.2 Å². The molecule has 0 saturated carbocycles. The first-order chi connectivity index (χ1) is 8.31. The third-order valence-corrected chi connectivity index (χ3v) is 3.51. The Hall–Kier alpha value is -0.480. The molecule has 0 amide bonds. The molecule has 0 aromatic heterocycles. The van der Waals surface area contributed by atoms with Crippen molar-refractivity contribution in [2.45, 2.75) is 13.3 Å². The second kappa shape index (κ2) is 9.43. The Labute approximate surface area is 129 Å². The quantitative estimate of drug-likeness (QED) is 0.926. The van der Waals surface area contributed by atoms with E-state index in [4.69, 9.17) is 5.73 Å². The van der Waals surface area contributed by atoms with Gasteiger partial charge in [0, 0.05) is 31.9 Å². The highest BCUT2D eigenvalue weighted by Gasteiger charge is 2.17. The molecule has 3 nitrogen and oxygen atoms in total. The van der Waals surface area contributed by atoms with Crippen molar-refractivity contribution in [3.05, 3.63) is 29.8 Å². The summed E-state index contributed by atoms with van der Waals surface area (Å²) in [4.78, 5) is 5.01. The number of hydrogen-bond donors (Lipinski definition) is 1. The molecule has 1 aliphatic heterocycles. The second-order valence-corrected chi connectivity index (χ2v) is 4.76. The van der Waals surface area contributed by atoms with Gasteiger partial charge in [-0.1, -0.05) is 18.2 Å². The SMILES string of the molecule is Cc1ccccc1N1CCN(CCCN)CC1.Cl.Cl. The second-order valence-electron chi connectivity index (χ2n) is 4.76. The average Bonchev–Trinajstić information content (AvgIpc) is 2.38. The number of hydrogen-bond acceptors (Lipinski definition) is 3. The zero-order valence-corrected chi connectivity index (χ0v) is 13.2. The first-order valence-electron chi connectivity index (χ1n) is 6.54. The minimum Gasteiger partial charge on any atom is -0.369 e. The van der Waals surface area contributed by atoms with E-state index in [0.29, 0.717) is 0 Å². The molecule has 1 aromatic rings. The van der Waals surface area contributed by atoms with Gasteiger partial charge in [0.05, 0.1) is 0 Å². The van der Waals surface area contributed by atoms with Gasteiger partial charge in [-0.3, -0.25) is 4.90 Å². The summed E-state index contributed by atoms with van der Waals surface area (Å²) in [6.45, 7) is 8.74. The van der Waals surface area contributed by atoms with Crippen molar-refractivity contribution < 1.29 is 0 Å². The van der Waals surface area contributed by atoms with Crippen LogP contribution >= 0.6 is 24.8 Å². The van der Waals surface area contributed by atoms with E-state index in [0.717, 1.165) is 45.7 Å². The van der Waals surface area contributed by atoms with Crippen molar-refractivity contribution in [3.8, 4) is 0 Å². The lowest BCUT2D eigenvalue weighted by Crippen LogP contribution is -2.47. The highest BCUT2D eigenvalue weighted by atomic mass is 35.5. The normalized spacial score (nSPS) is 15.6. The van der Waals surface area contributed by atoms with E-state index in [1.54, 1.807) is 0 Å². The number of nitrogens with two attached hydrogens (primary N) is 1. The zero-order chi connectivity index (χ0) is 12.1. The summed E-state index contributed by atoms with van der Waals surface area (Å²) in [5.74, 6) is 0. The summed E-state index contributed by atoms with van der Waals surface area (Å²) >= 11 is 0. The maximum absolute atomic E-state index is 5.55. The number of rotatable bonds is 4. The van der Waals surface area contributed by atoms with E-state index in [9.17, 15) is 0 Å².